The number of benzene rings is 1. The summed E-state index contributed by atoms with van der Waals surface area (Å²) in [6.45, 7) is 0. The van der Waals surface area contributed by atoms with Gasteiger partial charge in [-0.05, 0) is 30.0 Å². The normalized spacial score (nSPS) is 21.9. The van der Waals surface area contributed by atoms with Crippen LogP contribution in [-0.2, 0) is 24.6 Å². The van der Waals surface area contributed by atoms with Gasteiger partial charge in [0.1, 0.15) is 0 Å². The lowest BCUT2D eigenvalue weighted by Crippen LogP contribution is -2.35. The van der Waals surface area contributed by atoms with E-state index in [1.165, 1.54) is 0 Å². The van der Waals surface area contributed by atoms with E-state index in [1.54, 1.807) is 0 Å². The monoisotopic (exact) mass is 293 g/mol. The molecule has 0 saturated heterocycles. The predicted octanol–water partition coefficient (Wildman–Crippen LogP) is 3.48. The maximum absolute atomic E-state index is 13.1. The minimum atomic E-state index is -4.50. The zero-order valence-electron chi connectivity index (χ0n) is 11.2. The molecule has 5 heteroatoms. The summed E-state index contributed by atoms with van der Waals surface area (Å²) in [7, 11) is 0. The van der Waals surface area contributed by atoms with Crippen LogP contribution < -0.4 is 0 Å². The Balaban J connectivity index is 2.06. The van der Waals surface area contributed by atoms with E-state index in [9.17, 15) is 18.3 Å². The van der Waals surface area contributed by atoms with Crippen LogP contribution in [0.5, 0.6) is 0 Å². The van der Waals surface area contributed by atoms with Gasteiger partial charge in [-0.2, -0.15) is 13.2 Å². The van der Waals surface area contributed by atoms with Gasteiger partial charge in [-0.1, -0.05) is 24.3 Å². The summed E-state index contributed by atoms with van der Waals surface area (Å²) in [4.78, 5) is 3.78. The van der Waals surface area contributed by atoms with Gasteiger partial charge >= 0.3 is 6.18 Å². The van der Waals surface area contributed by atoms with Crippen LogP contribution in [0.15, 0.2) is 42.7 Å². The second-order valence-corrected chi connectivity index (χ2v) is 5.40. The summed E-state index contributed by atoms with van der Waals surface area (Å²) in [5.41, 5.74) is -0.484. The van der Waals surface area contributed by atoms with Crippen molar-refractivity contribution in [3.05, 3.63) is 65.0 Å². The highest BCUT2D eigenvalue weighted by molar-refractivity contribution is 5.38. The second kappa shape index (κ2) is 4.84. The summed E-state index contributed by atoms with van der Waals surface area (Å²) in [6, 6.07) is 8.45. The van der Waals surface area contributed by atoms with Gasteiger partial charge in [0.2, 0.25) is 0 Å². The standard InChI is InChI=1S/C16H14F3NO/c17-16(18,19)13-6-8-20-10-14(13)15(21)7-5-11-3-1-2-4-12(11)9-15/h1-4,6,8,10,21H,5,7,9H2. The number of aliphatic hydroxyl groups is 1. The Morgan fingerprint density at radius 1 is 1.10 bits per heavy atom. The first-order valence-corrected chi connectivity index (χ1v) is 6.71. The molecule has 1 aliphatic rings. The summed E-state index contributed by atoms with van der Waals surface area (Å²) in [5.74, 6) is 0. The number of rotatable bonds is 1. The molecule has 110 valence electrons. The molecule has 1 atom stereocenters. The van der Waals surface area contributed by atoms with Gasteiger partial charge in [0, 0.05) is 24.4 Å². The van der Waals surface area contributed by atoms with Gasteiger partial charge in [0.05, 0.1) is 11.2 Å². The maximum atomic E-state index is 13.1. The van der Waals surface area contributed by atoms with Crippen LogP contribution in [0.4, 0.5) is 13.2 Å². The van der Waals surface area contributed by atoms with E-state index in [-0.39, 0.29) is 18.4 Å². The van der Waals surface area contributed by atoms with Crippen molar-refractivity contribution in [2.75, 3.05) is 0 Å². The van der Waals surface area contributed by atoms with Gasteiger partial charge in [-0.15, -0.1) is 0 Å². The molecule has 2 nitrogen and oxygen atoms in total. The van der Waals surface area contributed by atoms with Crippen molar-refractivity contribution >= 4 is 0 Å². The van der Waals surface area contributed by atoms with Crippen molar-refractivity contribution in [2.45, 2.75) is 31.0 Å². The van der Waals surface area contributed by atoms with E-state index in [4.69, 9.17) is 0 Å². The number of aryl methyl sites for hydroxylation is 1. The highest BCUT2D eigenvalue weighted by Crippen LogP contribution is 2.42. The summed E-state index contributed by atoms with van der Waals surface area (Å²) in [6.07, 6.45) is -1.26. The molecule has 0 aliphatic heterocycles. The molecule has 1 aromatic heterocycles. The first-order chi connectivity index (χ1) is 9.90. The van der Waals surface area contributed by atoms with E-state index in [0.717, 1.165) is 29.6 Å². The Labute approximate surface area is 120 Å². The molecule has 0 saturated carbocycles. The fourth-order valence-corrected chi connectivity index (χ4v) is 2.96. The molecule has 21 heavy (non-hydrogen) atoms. The van der Waals surface area contributed by atoms with Crippen LogP contribution in [0.1, 0.15) is 28.7 Å². The number of hydrogen-bond donors (Lipinski definition) is 1. The third kappa shape index (κ3) is 2.53. The third-order valence-corrected chi connectivity index (χ3v) is 4.04. The minimum absolute atomic E-state index is 0.132. The Morgan fingerprint density at radius 2 is 1.81 bits per heavy atom. The van der Waals surface area contributed by atoms with Crippen LogP contribution in [0.25, 0.3) is 0 Å². The van der Waals surface area contributed by atoms with Crippen LogP contribution in [0.3, 0.4) is 0 Å². The highest BCUT2D eigenvalue weighted by Gasteiger charge is 2.42. The van der Waals surface area contributed by atoms with E-state index in [2.05, 4.69) is 4.98 Å². The highest BCUT2D eigenvalue weighted by atomic mass is 19.4. The average Bonchev–Trinajstić information content (AvgIpc) is 2.46. The van der Waals surface area contributed by atoms with Crippen molar-refractivity contribution in [1.29, 1.82) is 0 Å². The fourth-order valence-electron chi connectivity index (χ4n) is 2.96. The van der Waals surface area contributed by atoms with Crippen molar-refractivity contribution in [1.82, 2.24) is 4.98 Å². The lowest BCUT2D eigenvalue weighted by Gasteiger charge is -2.35. The van der Waals surface area contributed by atoms with Gasteiger partial charge in [-0.25, -0.2) is 0 Å². The maximum Gasteiger partial charge on any atom is 0.416 e. The zero-order valence-corrected chi connectivity index (χ0v) is 11.2. The molecule has 0 spiro atoms. The van der Waals surface area contributed by atoms with Gasteiger partial charge < -0.3 is 5.11 Å². The lowest BCUT2D eigenvalue weighted by atomic mass is 9.75. The Hall–Kier alpha value is -1.88. The molecular formula is C16H14F3NO. The number of pyridine rings is 1. The van der Waals surface area contributed by atoms with Crippen LogP contribution in [-0.4, -0.2) is 10.1 Å². The SMILES string of the molecule is OC1(c2cnccc2C(F)(F)F)CCc2ccccc2C1. The molecule has 1 N–H and O–H groups in total. The molecule has 1 aromatic carbocycles. The predicted molar refractivity (Wildman–Crippen MR) is 71.6 cm³/mol. The zero-order chi connectivity index (χ0) is 15.1. The Bertz CT molecular complexity index is 669. The fraction of sp³-hybridized carbons (Fsp3) is 0.312. The van der Waals surface area contributed by atoms with Crippen molar-refractivity contribution < 1.29 is 18.3 Å². The smallest absolute Gasteiger partial charge is 0.385 e. The molecule has 0 bridgehead atoms. The molecule has 1 unspecified atom stereocenters. The second-order valence-electron chi connectivity index (χ2n) is 5.40. The van der Waals surface area contributed by atoms with E-state index >= 15 is 0 Å². The minimum Gasteiger partial charge on any atom is -0.385 e. The van der Waals surface area contributed by atoms with E-state index in [0.29, 0.717) is 6.42 Å². The Kier molecular flexibility index (Phi) is 3.24. The molecule has 0 fully saturated rings. The number of halogens is 3. The van der Waals surface area contributed by atoms with Crippen LogP contribution in [0, 0.1) is 0 Å². The molecular weight excluding hydrogens is 279 g/mol. The first kappa shape index (κ1) is 14.1. The summed E-state index contributed by atoms with van der Waals surface area (Å²) in [5, 5.41) is 10.8. The third-order valence-electron chi connectivity index (χ3n) is 4.04. The summed E-state index contributed by atoms with van der Waals surface area (Å²) < 4.78 is 39.4. The molecule has 0 amide bonds. The number of nitrogens with zero attached hydrogens (tertiary/aromatic N) is 1. The van der Waals surface area contributed by atoms with E-state index in [1.807, 2.05) is 24.3 Å². The van der Waals surface area contributed by atoms with Gasteiger partial charge in [0.15, 0.2) is 0 Å². The van der Waals surface area contributed by atoms with Crippen molar-refractivity contribution in [3.63, 3.8) is 0 Å². The van der Waals surface area contributed by atoms with Crippen LogP contribution >= 0.6 is 0 Å². The number of hydrogen-bond acceptors (Lipinski definition) is 2. The average molecular weight is 293 g/mol. The van der Waals surface area contributed by atoms with Crippen LogP contribution in [0.2, 0.25) is 0 Å². The topological polar surface area (TPSA) is 33.1 Å². The number of fused-ring (bicyclic) bond motifs is 1. The molecule has 1 heterocycles. The quantitative estimate of drug-likeness (QED) is 0.873. The van der Waals surface area contributed by atoms with Gasteiger partial charge in [0.25, 0.3) is 0 Å². The molecule has 3 rings (SSSR count). The first-order valence-electron chi connectivity index (χ1n) is 6.71. The number of alkyl halides is 3. The van der Waals surface area contributed by atoms with Crippen molar-refractivity contribution in [3.8, 4) is 0 Å². The number of aromatic nitrogens is 1. The van der Waals surface area contributed by atoms with E-state index < -0.39 is 17.3 Å². The lowest BCUT2D eigenvalue weighted by molar-refractivity contribution is -0.141. The van der Waals surface area contributed by atoms with Gasteiger partial charge in [-0.3, -0.25) is 4.98 Å². The largest absolute Gasteiger partial charge is 0.416 e. The molecule has 0 radical (unpaired) electrons. The van der Waals surface area contributed by atoms with Crippen molar-refractivity contribution in [2.24, 2.45) is 0 Å². The Morgan fingerprint density at radius 3 is 2.52 bits per heavy atom. The summed E-state index contributed by atoms with van der Waals surface area (Å²) >= 11 is 0. The molecule has 2 aromatic rings. The molecule has 1 aliphatic carbocycles.